The number of nitrogens with zero attached hydrogens (tertiary/aromatic N) is 2. The summed E-state index contributed by atoms with van der Waals surface area (Å²) >= 11 is 0. The van der Waals surface area contributed by atoms with Crippen molar-refractivity contribution in [2.24, 2.45) is 0 Å². The van der Waals surface area contributed by atoms with Crippen molar-refractivity contribution in [1.82, 2.24) is 9.80 Å². The minimum atomic E-state index is 0.276. The molecule has 2 aromatic carbocycles. The number of aliphatic hydroxyl groups excluding tert-OH is 1. The highest BCUT2D eigenvalue weighted by molar-refractivity contribution is 5.22. The van der Waals surface area contributed by atoms with Crippen molar-refractivity contribution in [2.75, 3.05) is 32.8 Å². The molecule has 0 saturated carbocycles. The number of aliphatic hydroxyl groups is 1. The summed E-state index contributed by atoms with van der Waals surface area (Å²) in [5.41, 5.74) is 4.14. The van der Waals surface area contributed by atoms with Crippen LogP contribution in [-0.4, -0.2) is 53.7 Å². The normalized spacial score (nSPS) is 18.9. The van der Waals surface area contributed by atoms with Crippen molar-refractivity contribution in [2.45, 2.75) is 38.8 Å². The van der Waals surface area contributed by atoms with Gasteiger partial charge in [-0.25, -0.2) is 0 Å². The van der Waals surface area contributed by atoms with Gasteiger partial charge in [-0.3, -0.25) is 9.80 Å². The van der Waals surface area contributed by atoms with Crippen LogP contribution in [0, 0.1) is 6.92 Å². The summed E-state index contributed by atoms with van der Waals surface area (Å²) in [7, 11) is 0. The van der Waals surface area contributed by atoms with Gasteiger partial charge in [-0.05, 0) is 43.9 Å². The molecule has 26 heavy (non-hydrogen) atoms. The summed E-state index contributed by atoms with van der Waals surface area (Å²) in [6.45, 7) is 7.84. The molecule has 0 spiro atoms. The van der Waals surface area contributed by atoms with E-state index in [-0.39, 0.29) is 6.61 Å². The molecule has 1 unspecified atom stereocenters. The second kappa shape index (κ2) is 9.86. The summed E-state index contributed by atoms with van der Waals surface area (Å²) in [6.07, 6.45) is 3.19. The number of hydrogen-bond acceptors (Lipinski definition) is 3. The molecular weight excluding hydrogens is 320 g/mol. The molecular formula is C23H32N2O. The fourth-order valence-corrected chi connectivity index (χ4v) is 4.02. The van der Waals surface area contributed by atoms with Gasteiger partial charge in [-0.15, -0.1) is 0 Å². The molecule has 0 bridgehead atoms. The summed E-state index contributed by atoms with van der Waals surface area (Å²) in [6, 6.07) is 20.0. The molecule has 0 amide bonds. The molecule has 140 valence electrons. The number of rotatable bonds is 8. The monoisotopic (exact) mass is 352 g/mol. The number of piperazine rings is 1. The highest BCUT2D eigenvalue weighted by atomic mass is 16.3. The largest absolute Gasteiger partial charge is 0.396 e. The van der Waals surface area contributed by atoms with E-state index < -0.39 is 0 Å². The van der Waals surface area contributed by atoms with Gasteiger partial charge in [0.15, 0.2) is 0 Å². The maximum Gasteiger partial charge on any atom is 0.0446 e. The third-order valence-corrected chi connectivity index (χ3v) is 5.39. The quantitative estimate of drug-likeness (QED) is 0.788. The lowest BCUT2D eigenvalue weighted by molar-refractivity contribution is 0.0547. The predicted molar refractivity (Wildman–Crippen MR) is 108 cm³/mol. The molecule has 1 saturated heterocycles. The molecule has 3 heteroatoms. The Balaban J connectivity index is 1.50. The number of hydrogen-bond donors (Lipinski definition) is 1. The zero-order valence-corrected chi connectivity index (χ0v) is 16.0. The topological polar surface area (TPSA) is 26.7 Å². The molecule has 0 aliphatic carbocycles. The molecule has 1 atom stereocenters. The van der Waals surface area contributed by atoms with Crippen LogP contribution in [-0.2, 0) is 13.0 Å². The van der Waals surface area contributed by atoms with Crippen molar-refractivity contribution in [3.05, 3.63) is 71.3 Å². The zero-order valence-electron chi connectivity index (χ0n) is 16.0. The lowest BCUT2D eigenvalue weighted by Gasteiger charge is -2.41. The molecule has 1 fully saturated rings. The van der Waals surface area contributed by atoms with Crippen LogP contribution >= 0.6 is 0 Å². The van der Waals surface area contributed by atoms with Gasteiger partial charge in [0.25, 0.3) is 0 Å². The molecule has 0 aromatic heterocycles. The first-order valence-electron chi connectivity index (χ1n) is 9.91. The molecule has 2 aromatic rings. The van der Waals surface area contributed by atoms with Crippen LogP contribution in [0.1, 0.15) is 29.5 Å². The lowest BCUT2D eigenvalue weighted by Crippen LogP contribution is -2.53. The van der Waals surface area contributed by atoms with E-state index in [1.54, 1.807) is 0 Å². The van der Waals surface area contributed by atoms with E-state index in [0.29, 0.717) is 6.04 Å². The highest BCUT2D eigenvalue weighted by Crippen LogP contribution is 2.17. The van der Waals surface area contributed by atoms with Gasteiger partial charge < -0.3 is 5.11 Å². The average molecular weight is 353 g/mol. The van der Waals surface area contributed by atoms with Gasteiger partial charge in [0.05, 0.1) is 0 Å². The van der Waals surface area contributed by atoms with Crippen LogP contribution in [0.4, 0.5) is 0 Å². The van der Waals surface area contributed by atoms with E-state index in [4.69, 9.17) is 0 Å². The van der Waals surface area contributed by atoms with Gasteiger partial charge in [-0.1, -0.05) is 60.2 Å². The average Bonchev–Trinajstić information content (AvgIpc) is 2.65. The smallest absolute Gasteiger partial charge is 0.0446 e. The highest BCUT2D eigenvalue weighted by Gasteiger charge is 2.26. The first-order chi connectivity index (χ1) is 12.7. The second-order valence-corrected chi connectivity index (χ2v) is 7.52. The Labute approximate surface area is 158 Å². The van der Waals surface area contributed by atoms with E-state index in [2.05, 4.69) is 71.3 Å². The Morgan fingerprint density at radius 3 is 2.58 bits per heavy atom. The van der Waals surface area contributed by atoms with Crippen LogP contribution in [0.3, 0.4) is 0 Å². The van der Waals surface area contributed by atoms with Crippen LogP contribution in [0.2, 0.25) is 0 Å². The minimum Gasteiger partial charge on any atom is -0.396 e. The van der Waals surface area contributed by atoms with Gasteiger partial charge in [-0.2, -0.15) is 0 Å². The number of aryl methyl sites for hydroxylation is 2. The van der Waals surface area contributed by atoms with Gasteiger partial charge in [0.2, 0.25) is 0 Å². The van der Waals surface area contributed by atoms with E-state index in [1.165, 1.54) is 23.1 Å². The van der Waals surface area contributed by atoms with Gasteiger partial charge in [0.1, 0.15) is 0 Å². The molecule has 3 nitrogen and oxygen atoms in total. The third-order valence-electron chi connectivity index (χ3n) is 5.39. The molecule has 1 heterocycles. The fourth-order valence-electron chi connectivity index (χ4n) is 4.02. The second-order valence-electron chi connectivity index (χ2n) is 7.52. The summed E-state index contributed by atoms with van der Waals surface area (Å²) in [5, 5.41) is 9.51. The van der Waals surface area contributed by atoms with Gasteiger partial charge in [0, 0.05) is 38.8 Å². The summed E-state index contributed by atoms with van der Waals surface area (Å²) < 4.78 is 0. The first-order valence-corrected chi connectivity index (χ1v) is 9.91. The Morgan fingerprint density at radius 1 is 1.00 bits per heavy atom. The van der Waals surface area contributed by atoms with Crippen LogP contribution < -0.4 is 0 Å². The SMILES string of the molecule is Cc1cccc(CN2CCN(CCCc3ccccc3)C(CCO)C2)c1. The molecule has 0 radical (unpaired) electrons. The van der Waals surface area contributed by atoms with Crippen LogP contribution in [0.5, 0.6) is 0 Å². The predicted octanol–water partition coefficient (Wildman–Crippen LogP) is 3.50. The van der Waals surface area contributed by atoms with E-state index in [0.717, 1.165) is 45.6 Å². The van der Waals surface area contributed by atoms with Crippen molar-refractivity contribution in [1.29, 1.82) is 0 Å². The Kier molecular flexibility index (Phi) is 7.24. The first kappa shape index (κ1) is 19.1. The standard InChI is InChI=1S/C23H32N2O/c1-20-7-5-10-22(17-20)18-24-14-15-25(23(19-24)12-16-26)13-6-11-21-8-3-2-4-9-21/h2-5,7-10,17,23,26H,6,11-16,18-19H2,1H3. The fraction of sp³-hybridized carbons (Fsp3) is 0.478. The summed E-state index contributed by atoms with van der Waals surface area (Å²) in [4.78, 5) is 5.13. The van der Waals surface area contributed by atoms with Crippen molar-refractivity contribution >= 4 is 0 Å². The number of benzene rings is 2. The molecule has 1 N–H and O–H groups in total. The third kappa shape index (κ3) is 5.66. The maximum absolute atomic E-state index is 9.51. The van der Waals surface area contributed by atoms with Crippen molar-refractivity contribution in [3.63, 3.8) is 0 Å². The summed E-state index contributed by atoms with van der Waals surface area (Å²) in [5.74, 6) is 0. The minimum absolute atomic E-state index is 0.276. The molecule has 1 aliphatic heterocycles. The zero-order chi connectivity index (χ0) is 18.2. The Hall–Kier alpha value is -1.68. The molecule has 1 aliphatic rings. The Bertz CT molecular complexity index is 658. The molecule has 3 rings (SSSR count). The van der Waals surface area contributed by atoms with E-state index in [9.17, 15) is 5.11 Å². The van der Waals surface area contributed by atoms with Crippen LogP contribution in [0.25, 0.3) is 0 Å². The van der Waals surface area contributed by atoms with E-state index in [1.807, 2.05) is 0 Å². The van der Waals surface area contributed by atoms with Gasteiger partial charge >= 0.3 is 0 Å². The maximum atomic E-state index is 9.51. The Morgan fingerprint density at radius 2 is 1.81 bits per heavy atom. The lowest BCUT2D eigenvalue weighted by atomic mass is 10.0. The van der Waals surface area contributed by atoms with Crippen molar-refractivity contribution < 1.29 is 5.11 Å². The van der Waals surface area contributed by atoms with Crippen LogP contribution in [0.15, 0.2) is 54.6 Å². The van der Waals surface area contributed by atoms with Crippen molar-refractivity contribution in [3.8, 4) is 0 Å². The van der Waals surface area contributed by atoms with E-state index >= 15 is 0 Å².